The molecule has 0 spiro atoms. The van der Waals surface area contributed by atoms with Crippen molar-refractivity contribution in [2.24, 2.45) is 11.8 Å². The van der Waals surface area contributed by atoms with Crippen molar-refractivity contribution in [2.75, 3.05) is 18.5 Å². The van der Waals surface area contributed by atoms with Gasteiger partial charge in [0.05, 0.1) is 11.3 Å². The third kappa shape index (κ3) is 5.65. The number of rotatable bonds is 7. The molecule has 1 saturated carbocycles. The van der Waals surface area contributed by atoms with Gasteiger partial charge in [0.25, 0.3) is 0 Å². The molecule has 2 aromatic heterocycles. The molecule has 0 radical (unpaired) electrons. The first kappa shape index (κ1) is 22.7. The van der Waals surface area contributed by atoms with Crippen LogP contribution in [0.15, 0.2) is 21.4 Å². The van der Waals surface area contributed by atoms with Crippen molar-refractivity contribution < 1.29 is 23.4 Å². The molecule has 32 heavy (non-hydrogen) atoms. The van der Waals surface area contributed by atoms with E-state index < -0.39 is 5.92 Å². The lowest BCUT2D eigenvalue weighted by Crippen LogP contribution is -2.32. The van der Waals surface area contributed by atoms with Crippen LogP contribution in [0.4, 0.5) is 5.82 Å². The summed E-state index contributed by atoms with van der Waals surface area (Å²) in [5, 5.41) is 10.8. The number of carbonyl (C=O) groups is 2. The van der Waals surface area contributed by atoms with E-state index in [0.29, 0.717) is 30.3 Å². The normalized spacial score (nSPS) is 19.8. The zero-order valence-electron chi connectivity index (χ0n) is 18.8. The summed E-state index contributed by atoms with van der Waals surface area (Å²) in [5.41, 5.74) is 1.02. The van der Waals surface area contributed by atoms with Crippen molar-refractivity contribution >= 4 is 17.5 Å². The number of nitrogens with zero attached hydrogens (tertiary/aromatic N) is 2. The summed E-state index contributed by atoms with van der Waals surface area (Å²) in [5.74, 6) is 0.947. The van der Waals surface area contributed by atoms with Crippen LogP contribution in [-0.2, 0) is 9.53 Å². The van der Waals surface area contributed by atoms with Gasteiger partial charge in [-0.2, -0.15) is 0 Å². The van der Waals surface area contributed by atoms with Gasteiger partial charge in [0.1, 0.15) is 12.0 Å². The van der Waals surface area contributed by atoms with Crippen LogP contribution < -0.4 is 5.32 Å². The molecular formula is C24H33N3O5. The van der Waals surface area contributed by atoms with Gasteiger partial charge in [-0.3, -0.25) is 9.59 Å². The Morgan fingerprint density at radius 2 is 1.78 bits per heavy atom. The highest BCUT2D eigenvalue weighted by Gasteiger charge is 2.32. The van der Waals surface area contributed by atoms with Crippen LogP contribution in [0, 0.1) is 18.8 Å². The summed E-state index contributed by atoms with van der Waals surface area (Å²) in [6, 6.07) is 1.81. The predicted octanol–water partition coefficient (Wildman–Crippen LogP) is 5.05. The molecule has 1 amide bonds. The molecule has 2 fully saturated rings. The van der Waals surface area contributed by atoms with Crippen LogP contribution in [0.1, 0.15) is 91.9 Å². The number of nitrogens with one attached hydrogen (secondary N) is 1. The van der Waals surface area contributed by atoms with Gasteiger partial charge in [0.15, 0.2) is 11.6 Å². The quantitative estimate of drug-likeness (QED) is 0.596. The standard InChI is InChI=1S/C24H33N3O5/c1-16-20(15-31-26-16)21(28)13-19(17-7-5-3-2-4-6-8-17)24(29)25-23-14-22(32-27-23)18-9-11-30-12-10-18/h14-15,17-19H,2-13H2,1H3,(H,25,27,29). The predicted molar refractivity (Wildman–Crippen MR) is 117 cm³/mol. The van der Waals surface area contributed by atoms with Crippen molar-refractivity contribution in [3.8, 4) is 0 Å². The Balaban J connectivity index is 1.47. The first-order chi connectivity index (χ1) is 15.6. The molecule has 1 atom stereocenters. The van der Waals surface area contributed by atoms with Gasteiger partial charge in [-0.1, -0.05) is 42.4 Å². The van der Waals surface area contributed by atoms with E-state index in [1.165, 1.54) is 25.5 Å². The minimum absolute atomic E-state index is 0.103. The number of ketones is 1. The smallest absolute Gasteiger partial charge is 0.229 e. The third-order valence-corrected chi connectivity index (χ3v) is 6.91. The molecule has 3 heterocycles. The lowest BCUT2D eigenvalue weighted by atomic mass is 9.78. The highest BCUT2D eigenvalue weighted by molar-refractivity contribution is 6.01. The fourth-order valence-corrected chi connectivity index (χ4v) is 4.97. The fourth-order valence-electron chi connectivity index (χ4n) is 4.97. The van der Waals surface area contributed by atoms with Crippen molar-refractivity contribution in [1.29, 1.82) is 0 Å². The molecule has 0 aromatic carbocycles. The van der Waals surface area contributed by atoms with Crippen LogP contribution in [-0.4, -0.2) is 35.2 Å². The van der Waals surface area contributed by atoms with E-state index in [1.54, 1.807) is 6.92 Å². The molecule has 0 bridgehead atoms. The Labute approximate surface area is 188 Å². The van der Waals surface area contributed by atoms with Gasteiger partial charge in [-0.25, -0.2) is 0 Å². The van der Waals surface area contributed by atoms with Crippen LogP contribution in [0.2, 0.25) is 0 Å². The number of aromatic nitrogens is 2. The number of amides is 1. The molecule has 8 nitrogen and oxygen atoms in total. The molecular weight excluding hydrogens is 410 g/mol. The second kappa shape index (κ2) is 10.9. The zero-order valence-corrected chi connectivity index (χ0v) is 18.8. The van der Waals surface area contributed by atoms with Gasteiger partial charge in [0, 0.05) is 37.5 Å². The van der Waals surface area contributed by atoms with Crippen LogP contribution >= 0.6 is 0 Å². The Kier molecular flexibility index (Phi) is 7.73. The number of anilines is 1. The summed E-state index contributed by atoms with van der Waals surface area (Å²) in [4.78, 5) is 26.4. The molecule has 2 aliphatic rings. The first-order valence-electron chi connectivity index (χ1n) is 11.9. The average Bonchev–Trinajstić information content (AvgIpc) is 3.42. The summed E-state index contributed by atoms with van der Waals surface area (Å²) in [7, 11) is 0. The molecule has 2 aromatic rings. The van der Waals surface area contributed by atoms with Gasteiger partial charge >= 0.3 is 0 Å². The fraction of sp³-hybridized carbons (Fsp3) is 0.667. The molecule has 4 rings (SSSR count). The molecule has 1 aliphatic heterocycles. The Morgan fingerprint density at radius 3 is 2.47 bits per heavy atom. The van der Waals surface area contributed by atoms with E-state index in [2.05, 4.69) is 15.6 Å². The molecule has 8 heteroatoms. The van der Waals surface area contributed by atoms with E-state index in [4.69, 9.17) is 13.8 Å². The van der Waals surface area contributed by atoms with Crippen LogP contribution in [0.5, 0.6) is 0 Å². The topological polar surface area (TPSA) is 107 Å². The minimum atomic E-state index is -0.418. The van der Waals surface area contributed by atoms with Gasteiger partial charge in [-0.15, -0.1) is 0 Å². The van der Waals surface area contributed by atoms with Crippen molar-refractivity contribution in [3.63, 3.8) is 0 Å². The number of aryl methyl sites for hydroxylation is 1. The maximum Gasteiger partial charge on any atom is 0.229 e. The zero-order chi connectivity index (χ0) is 22.3. The molecule has 1 N–H and O–H groups in total. The number of ether oxygens (including phenoxy) is 1. The largest absolute Gasteiger partial charge is 0.381 e. The second-order valence-corrected chi connectivity index (χ2v) is 9.14. The summed E-state index contributed by atoms with van der Waals surface area (Å²) >= 11 is 0. The van der Waals surface area contributed by atoms with Crippen molar-refractivity contribution in [2.45, 2.75) is 77.0 Å². The third-order valence-electron chi connectivity index (χ3n) is 6.91. The molecule has 1 aliphatic carbocycles. The SMILES string of the molecule is Cc1nocc1C(=O)CC(C(=O)Nc1cc(C2CCOCC2)on1)C1CCCCCCC1. The molecule has 1 saturated heterocycles. The van der Waals surface area contributed by atoms with E-state index in [9.17, 15) is 9.59 Å². The monoisotopic (exact) mass is 443 g/mol. The summed E-state index contributed by atoms with van der Waals surface area (Å²) in [6.45, 7) is 3.16. The average molecular weight is 444 g/mol. The van der Waals surface area contributed by atoms with Gasteiger partial charge in [-0.05, 0) is 38.5 Å². The van der Waals surface area contributed by atoms with E-state index in [-0.39, 0.29) is 29.9 Å². The number of carbonyl (C=O) groups excluding carboxylic acids is 2. The Bertz CT molecular complexity index is 891. The molecule has 1 unspecified atom stereocenters. The van der Waals surface area contributed by atoms with Crippen LogP contribution in [0.25, 0.3) is 0 Å². The number of hydrogen-bond acceptors (Lipinski definition) is 7. The highest BCUT2D eigenvalue weighted by Crippen LogP contribution is 2.33. The number of hydrogen-bond donors (Lipinski definition) is 1. The highest BCUT2D eigenvalue weighted by atomic mass is 16.5. The maximum atomic E-state index is 13.4. The lowest BCUT2D eigenvalue weighted by molar-refractivity contribution is -0.121. The lowest BCUT2D eigenvalue weighted by Gasteiger charge is -2.27. The van der Waals surface area contributed by atoms with Crippen LogP contribution in [0.3, 0.4) is 0 Å². The Morgan fingerprint density at radius 1 is 1.06 bits per heavy atom. The van der Waals surface area contributed by atoms with Gasteiger partial charge < -0.3 is 19.1 Å². The van der Waals surface area contributed by atoms with E-state index >= 15 is 0 Å². The van der Waals surface area contributed by atoms with Crippen molar-refractivity contribution in [1.82, 2.24) is 10.3 Å². The number of Topliss-reactive ketones (excluding diaryl/α,β-unsaturated/α-hetero) is 1. The summed E-state index contributed by atoms with van der Waals surface area (Å²) < 4.78 is 15.9. The Hall–Kier alpha value is -2.48. The summed E-state index contributed by atoms with van der Waals surface area (Å²) in [6.07, 6.45) is 11.0. The first-order valence-corrected chi connectivity index (χ1v) is 11.9. The van der Waals surface area contributed by atoms with E-state index in [0.717, 1.165) is 44.3 Å². The minimum Gasteiger partial charge on any atom is -0.381 e. The molecule has 174 valence electrons. The van der Waals surface area contributed by atoms with E-state index in [1.807, 2.05) is 6.07 Å². The second-order valence-electron chi connectivity index (χ2n) is 9.14. The van der Waals surface area contributed by atoms with Crippen molar-refractivity contribution in [3.05, 3.63) is 29.3 Å². The van der Waals surface area contributed by atoms with Gasteiger partial charge in [0.2, 0.25) is 5.91 Å². The maximum absolute atomic E-state index is 13.4.